The van der Waals surface area contributed by atoms with Crippen LogP contribution in [-0.2, 0) is 0 Å². The summed E-state index contributed by atoms with van der Waals surface area (Å²) in [6, 6.07) is 6.78. The number of benzene rings is 1. The quantitative estimate of drug-likeness (QED) is 0.838. The van der Waals surface area contributed by atoms with Gasteiger partial charge in [-0.25, -0.2) is 4.39 Å². The number of nitrogens with one attached hydrogen (secondary N) is 1. The first-order valence-electron chi connectivity index (χ1n) is 5.59. The van der Waals surface area contributed by atoms with Crippen LogP contribution in [-0.4, -0.2) is 6.54 Å². The number of aryl methyl sites for hydroxylation is 1. The van der Waals surface area contributed by atoms with E-state index in [1.807, 2.05) is 0 Å². The van der Waals surface area contributed by atoms with Gasteiger partial charge in [-0.15, -0.1) is 11.3 Å². The highest BCUT2D eigenvalue weighted by Gasteiger charge is 2.24. The molecule has 1 N–H and O–H groups in total. The van der Waals surface area contributed by atoms with Crippen LogP contribution < -0.4 is 10.1 Å². The van der Waals surface area contributed by atoms with Crippen molar-refractivity contribution in [3.05, 3.63) is 44.9 Å². The number of anilines is 1. The van der Waals surface area contributed by atoms with Gasteiger partial charge in [0.2, 0.25) is 0 Å². The molecule has 1 aliphatic heterocycles. The molecular formula is C13H11ClFNOS. The van der Waals surface area contributed by atoms with Crippen LogP contribution in [0.2, 0.25) is 5.02 Å². The highest BCUT2D eigenvalue weighted by molar-refractivity contribution is 7.12. The van der Waals surface area contributed by atoms with Crippen molar-refractivity contribution in [1.29, 1.82) is 0 Å². The lowest BCUT2D eigenvalue weighted by Crippen LogP contribution is -2.23. The number of hydrogen-bond acceptors (Lipinski definition) is 3. The first kappa shape index (κ1) is 11.8. The van der Waals surface area contributed by atoms with E-state index >= 15 is 0 Å². The highest BCUT2D eigenvalue weighted by atomic mass is 35.5. The van der Waals surface area contributed by atoms with Crippen LogP contribution in [0.25, 0.3) is 0 Å². The van der Waals surface area contributed by atoms with E-state index in [9.17, 15) is 4.39 Å². The molecular weight excluding hydrogens is 273 g/mol. The Hall–Kier alpha value is -1.26. The van der Waals surface area contributed by atoms with Crippen molar-refractivity contribution >= 4 is 28.6 Å². The van der Waals surface area contributed by atoms with Gasteiger partial charge >= 0.3 is 0 Å². The zero-order valence-corrected chi connectivity index (χ0v) is 11.2. The SMILES string of the molecule is Cc1ccc(C2CNc3cc(F)cc(Cl)c3O2)s1. The van der Waals surface area contributed by atoms with Gasteiger partial charge in [0.1, 0.15) is 5.82 Å². The van der Waals surface area contributed by atoms with Crippen molar-refractivity contribution in [3.63, 3.8) is 0 Å². The smallest absolute Gasteiger partial charge is 0.162 e. The second-order valence-corrected chi connectivity index (χ2v) is 5.93. The standard InChI is InChI=1S/C13H11ClFNOS/c1-7-2-3-12(18-7)11-6-16-10-5-8(15)4-9(14)13(10)17-11/h2-5,11,16H,6H2,1H3. The molecule has 2 heterocycles. The molecule has 1 aliphatic rings. The van der Waals surface area contributed by atoms with Gasteiger partial charge < -0.3 is 10.1 Å². The van der Waals surface area contributed by atoms with Crippen molar-refractivity contribution in [2.24, 2.45) is 0 Å². The average Bonchev–Trinajstić information content (AvgIpc) is 2.75. The van der Waals surface area contributed by atoms with E-state index in [2.05, 4.69) is 24.4 Å². The van der Waals surface area contributed by atoms with Gasteiger partial charge in [0.05, 0.1) is 17.3 Å². The van der Waals surface area contributed by atoms with Crippen LogP contribution in [0.5, 0.6) is 5.75 Å². The first-order valence-corrected chi connectivity index (χ1v) is 6.79. The number of ether oxygens (including phenoxy) is 1. The Kier molecular flexibility index (Phi) is 2.92. The van der Waals surface area contributed by atoms with Gasteiger partial charge in [-0.3, -0.25) is 0 Å². The van der Waals surface area contributed by atoms with Crippen molar-refractivity contribution in [3.8, 4) is 5.75 Å². The molecule has 0 amide bonds. The zero-order chi connectivity index (χ0) is 12.7. The second kappa shape index (κ2) is 4.44. The lowest BCUT2D eigenvalue weighted by Gasteiger charge is -2.27. The average molecular weight is 284 g/mol. The van der Waals surface area contributed by atoms with Crippen molar-refractivity contribution in [1.82, 2.24) is 0 Å². The van der Waals surface area contributed by atoms with E-state index in [1.54, 1.807) is 11.3 Å². The second-order valence-electron chi connectivity index (χ2n) is 4.20. The van der Waals surface area contributed by atoms with Crippen molar-refractivity contribution < 1.29 is 9.13 Å². The molecule has 1 aromatic heterocycles. The normalized spacial score (nSPS) is 17.8. The van der Waals surface area contributed by atoms with Gasteiger partial charge in [0, 0.05) is 15.8 Å². The Morgan fingerprint density at radius 3 is 3.00 bits per heavy atom. The molecule has 0 saturated carbocycles. The minimum atomic E-state index is -0.361. The minimum Gasteiger partial charge on any atom is -0.479 e. The van der Waals surface area contributed by atoms with Gasteiger partial charge in [0.15, 0.2) is 11.9 Å². The maximum Gasteiger partial charge on any atom is 0.162 e. The van der Waals surface area contributed by atoms with Gasteiger partial charge in [-0.1, -0.05) is 11.6 Å². The molecule has 1 aromatic carbocycles. The van der Waals surface area contributed by atoms with E-state index in [0.717, 1.165) is 4.88 Å². The number of hydrogen-bond donors (Lipinski definition) is 1. The predicted octanol–water partition coefficient (Wildman–Crippen LogP) is 4.39. The third kappa shape index (κ3) is 2.06. The number of halogens is 2. The molecule has 0 aliphatic carbocycles. The first-order chi connectivity index (χ1) is 8.63. The van der Waals surface area contributed by atoms with Crippen LogP contribution >= 0.6 is 22.9 Å². The zero-order valence-electron chi connectivity index (χ0n) is 9.67. The van der Waals surface area contributed by atoms with Crippen LogP contribution in [0.3, 0.4) is 0 Å². The summed E-state index contributed by atoms with van der Waals surface area (Å²) in [5.74, 6) is 0.167. The minimum absolute atomic E-state index is 0.0702. The summed E-state index contributed by atoms with van der Waals surface area (Å²) < 4.78 is 19.1. The van der Waals surface area contributed by atoms with E-state index in [-0.39, 0.29) is 11.9 Å². The van der Waals surface area contributed by atoms with E-state index in [4.69, 9.17) is 16.3 Å². The van der Waals surface area contributed by atoms with Crippen LogP contribution in [0.4, 0.5) is 10.1 Å². The Morgan fingerprint density at radius 1 is 1.44 bits per heavy atom. The van der Waals surface area contributed by atoms with Crippen molar-refractivity contribution in [2.45, 2.75) is 13.0 Å². The fourth-order valence-electron chi connectivity index (χ4n) is 1.98. The number of rotatable bonds is 1. The molecule has 2 nitrogen and oxygen atoms in total. The molecule has 5 heteroatoms. The highest BCUT2D eigenvalue weighted by Crippen LogP contribution is 2.41. The molecule has 0 saturated heterocycles. The summed E-state index contributed by atoms with van der Waals surface area (Å²) in [4.78, 5) is 2.38. The summed E-state index contributed by atoms with van der Waals surface area (Å²) in [7, 11) is 0. The monoisotopic (exact) mass is 283 g/mol. The third-order valence-electron chi connectivity index (χ3n) is 2.82. The molecule has 1 atom stereocenters. The van der Waals surface area contributed by atoms with Gasteiger partial charge in [-0.05, 0) is 25.1 Å². The summed E-state index contributed by atoms with van der Waals surface area (Å²) >= 11 is 7.70. The van der Waals surface area contributed by atoms with E-state index in [1.165, 1.54) is 17.0 Å². The van der Waals surface area contributed by atoms with Gasteiger partial charge in [-0.2, -0.15) is 0 Å². The Morgan fingerprint density at radius 2 is 2.28 bits per heavy atom. The molecule has 3 rings (SSSR count). The topological polar surface area (TPSA) is 21.3 Å². The Bertz CT molecular complexity index is 599. The Balaban J connectivity index is 1.93. The molecule has 94 valence electrons. The summed E-state index contributed by atoms with van der Waals surface area (Å²) in [6.45, 7) is 2.67. The summed E-state index contributed by atoms with van der Waals surface area (Å²) in [5, 5.41) is 3.46. The fraction of sp³-hybridized carbons (Fsp3) is 0.231. The Labute approximate surface area is 113 Å². The third-order valence-corrected chi connectivity index (χ3v) is 4.20. The lowest BCUT2D eigenvalue weighted by atomic mass is 10.2. The molecule has 0 fully saturated rings. The van der Waals surface area contributed by atoms with Crippen LogP contribution in [0.15, 0.2) is 24.3 Å². The lowest BCUT2D eigenvalue weighted by molar-refractivity contribution is 0.214. The molecule has 0 bridgehead atoms. The van der Waals surface area contributed by atoms with Gasteiger partial charge in [0.25, 0.3) is 0 Å². The van der Waals surface area contributed by atoms with E-state index in [0.29, 0.717) is 23.0 Å². The summed E-state index contributed by atoms with van der Waals surface area (Å²) in [6.07, 6.45) is -0.0702. The van der Waals surface area contributed by atoms with Crippen molar-refractivity contribution in [2.75, 3.05) is 11.9 Å². The maximum atomic E-state index is 13.2. The predicted molar refractivity (Wildman–Crippen MR) is 72.3 cm³/mol. The fourth-order valence-corrected chi connectivity index (χ4v) is 3.14. The molecule has 2 aromatic rings. The summed E-state index contributed by atoms with van der Waals surface area (Å²) in [5.41, 5.74) is 0.615. The number of thiophene rings is 1. The molecule has 18 heavy (non-hydrogen) atoms. The van der Waals surface area contributed by atoms with Crippen LogP contribution in [0.1, 0.15) is 15.9 Å². The van der Waals surface area contributed by atoms with Crippen LogP contribution in [0, 0.1) is 12.7 Å². The maximum absolute atomic E-state index is 13.2. The molecule has 0 radical (unpaired) electrons. The number of fused-ring (bicyclic) bond motifs is 1. The largest absolute Gasteiger partial charge is 0.479 e. The molecule has 0 spiro atoms. The van der Waals surface area contributed by atoms with E-state index < -0.39 is 0 Å². The molecule has 1 unspecified atom stereocenters.